The molecule has 5 N–H and O–H groups in total. The van der Waals surface area contributed by atoms with E-state index in [1.807, 2.05) is 31.2 Å². The summed E-state index contributed by atoms with van der Waals surface area (Å²) in [7, 11) is 0. The maximum Gasteiger partial charge on any atom is 0.214 e. The molecule has 74 valence electrons. The summed E-state index contributed by atoms with van der Waals surface area (Å²) in [4.78, 5) is 3.67. The van der Waals surface area contributed by atoms with Crippen LogP contribution in [0.25, 0.3) is 0 Å². The van der Waals surface area contributed by atoms with Crippen molar-refractivity contribution in [1.29, 1.82) is 5.41 Å². The summed E-state index contributed by atoms with van der Waals surface area (Å²) in [5.74, 6) is 0.114. The Morgan fingerprint density at radius 1 is 1.36 bits per heavy atom. The molecule has 1 aromatic carbocycles. The molecule has 14 heavy (non-hydrogen) atoms. The van der Waals surface area contributed by atoms with Gasteiger partial charge in [-0.05, 0) is 18.1 Å². The molecule has 0 amide bonds. The van der Waals surface area contributed by atoms with Crippen molar-refractivity contribution >= 4 is 11.8 Å². The van der Waals surface area contributed by atoms with Gasteiger partial charge in [-0.1, -0.05) is 24.3 Å². The summed E-state index contributed by atoms with van der Waals surface area (Å²) < 4.78 is 0. The van der Waals surface area contributed by atoms with Crippen molar-refractivity contribution in [3.8, 4) is 0 Å². The van der Waals surface area contributed by atoms with Gasteiger partial charge in [-0.3, -0.25) is 5.41 Å². The standard InChI is InChI=1S/C10H14N4/c1-7-4-2-3-5-8(7)6-9(11)14-10(12)13/h2-5H,6H2,1H3,(H5,11,12,13,14). The second-order valence-electron chi connectivity index (χ2n) is 3.09. The van der Waals surface area contributed by atoms with Gasteiger partial charge >= 0.3 is 0 Å². The second kappa shape index (κ2) is 4.41. The third-order valence-corrected chi connectivity index (χ3v) is 1.90. The number of nitrogens with one attached hydrogen (secondary N) is 1. The van der Waals surface area contributed by atoms with Gasteiger partial charge in [-0.2, -0.15) is 0 Å². The van der Waals surface area contributed by atoms with Gasteiger partial charge in [0.1, 0.15) is 5.84 Å². The van der Waals surface area contributed by atoms with Crippen molar-refractivity contribution in [1.82, 2.24) is 0 Å². The normalized spacial score (nSPS) is 11.4. The quantitative estimate of drug-likeness (QED) is 0.475. The number of nitrogens with two attached hydrogens (primary N) is 2. The summed E-state index contributed by atoms with van der Waals surface area (Å²) in [6.45, 7) is 2.01. The van der Waals surface area contributed by atoms with Gasteiger partial charge in [0, 0.05) is 6.42 Å². The molecule has 0 aromatic heterocycles. The van der Waals surface area contributed by atoms with Crippen molar-refractivity contribution in [2.45, 2.75) is 13.3 Å². The van der Waals surface area contributed by atoms with Gasteiger partial charge in [0.2, 0.25) is 5.96 Å². The van der Waals surface area contributed by atoms with Crippen LogP contribution in [-0.4, -0.2) is 11.8 Å². The molecule has 0 atom stereocenters. The minimum absolute atomic E-state index is 0.254. The largest absolute Gasteiger partial charge is 0.387 e. The average Bonchev–Trinajstić information content (AvgIpc) is 2.07. The zero-order chi connectivity index (χ0) is 10.6. The Morgan fingerprint density at radius 3 is 2.57 bits per heavy atom. The van der Waals surface area contributed by atoms with Crippen LogP contribution in [0.5, 0.6) is 0 Å². The molecule has 0 aliphatic heterocycles. The first-order chi connectivity index (χ1) is 6.59. The molecule has 4 heteroatoms. The van der Waals surface area contributed by atoms with E-state index in [9.17, 15) is 0 Å². The summed E-state index contributed by atoms with van der Waals surface area (Å²) in [6, 6.07) is 7.91. The van der Waals surface area contributed by atoms with Gasteiger partial charge < -0.3 is 11.5 Å². The maximum atomic E-state index is 6.95. The molecule has 1 rings (SSSR count). The Bertz CT molecular complexity index is 368. The minimum Gasteiger partial charge on any atom is -0.387 e. The smallest absolute Gasteiger partial charge is 0.214 e. The molecule has 4 nitrogen and oxygen atoms in total. The minimum atomic E-state index is -0.254. The van der Waals surface area contributed by atoms with E-state index in [1.165, 1.54) is 0 Å². The molecule has 0 aliphatic carbocycles. The molecule has 0 fully saturated rings. The monoisotopic (exact) mass is 190 g/mol. The van der Waals surface area contributed by atoms with E-state index in [-0.39, 0.29) is 5.96 Å². The highest BCUT2D eigenvalue weighted by Crippen LogP contribution is 2.07. The molecular formula is C10H14N4. The van der Waals surface area contributed by atoms with Gasteiger partial charge in [0.15, 0.2) is 0 Å². The number of rotatable bonds is 2. The zero-order valence-electron chi connectivity index (χ0n) is 8.12. The fourth-order valence-electron chi connectivity index (χ4n) is 1.20. The fourth-order valence-corrected chi connectivity index (χ4v) is 1.20. The number of aliphatic imine (C=N–C) groups is 1. The van der Waals surface area contributed by atoms with Crippen molar-refractivity contribution in [3.63, 3.8) is 0 Å². The first-order valence-electron chi connectivity index (χ1n) is 4.31. The van der Waals surface area contributed by atoms with Crippen LogP contribution in [0.4, 0.5) is 0 Å². The molecule has 0 radical (unpaired) electrons. The predicted octanol–water partition coefficient (Wildman–Crippen LogP) is 0.788. The van der Waals surface area contributed by atoms with E-state index in [2.05, 4.69) is 4.99 Å². The number of benzene rings is 1. The number of guanidine groups is 1. The summed E-state index contributed by atoms with van der Waals surface area (Å²) in [5.41, 5.74) is 13.0. The molecule has 0 saturated carbocycles. The average molecular weight is 190 g/mol. The van der Waals surface area contributed by atoms with Crippen molar-refractivity contribution in [2.24, 2.45) is 16.5 Å². The van der Waals surface area contributed by atoms with E-state index in [4.69, 9.17) is 16.9 Å². The lowest BCUT2D eigenvalue weighted by Crippen LogP contribution is -2.20. The van der Waals surface area contributed by atoms with Crippen molar-refractivity contribution < 1.29 is 0 Å². The van der Waals surface area contributed by atoms with Crippen LogP contribution in [0.2, 0.25) is 0 Å². The van der Waals surface area contributed by atoms with E-state index < -0.39 is 0 Å². The van der Waals surface area contributed by atoms with Gasteiger partial charge in [0.05, 0.1) is 0 Å². The molecule has 0 aliphatic rings. The van der Waals surface area contributed by atoms with Crippen LogP contribution in [0.15, 0.2) is 29.3 Å². The first-order valence-corrected chi connectivity index (χ1v) is 4.31. The number of aryl methyl sites for hydroxylation is 1. The lowest BCUT2D eigenvalue weighted by molar-refractivity contribution is 1.22. The van der Waals surface area contributed by atoms with Crippen LogP contribution in [0.3, 0.4) is 0 Å². The molecule has 0 saturated heterocycles. The number of hydrogen-bond donors (Lipinski definition) is 3. The molecule has 0 spiro atoms. The summed E-state index contributed by atoms with van der Waals surface area (Å²) >= 11 is 0. The van der Waals surface area contributed by atoms with E-state index >= 15 is 0 Å². The first kappa shape index (κ1) is 10.2. The predicted molar refractivity (Wildman–Crippen MR) is 58.4 cm³/mol. The maximum absolute atomic E-state index is 6.95. The highest BCUT2D eigenvalue weighted by Gasteiger charge is 1.99. The van der Waals surface area contributed by atoms with Crippen LogP contribution < -0.4 is 11.5 Å². The Hall–Kier alpha value is -1.84. The van der Waals surface area contributed by atoms with E-state index in [0.717, 1.165) is 11.1 Å². The Morgan fingerprint density at radius 2 is 2.00 bits per heavy atom. The molecule has 0 heterocycles. The number of amidine groups is 1. The number of nitrogens with zero attached hydrogens (tertiary/aromatic N) is 1. The number of hydrogen-bond acceptors (Lipinski definition) is 1. The SMILES string of the molecule is Cc1ccccc1CC(N)=NC(=N)N. The lowest BCUT2D eigenvalue weighted by Gasteiger charge is -2.04. The van der Waals surface area contributed by atoms with Crippen molar-refractivity contribution in [2.75, 3.05) is 0 Å². The Balaban J connectivity index is 2.79. The fraction of sp³-hybridized carbons (Fsp3) is 0.200. The summed E-state index contributed by atoms with van der Waals surface area (Å²) in [6.07, 6.45) is 0.534. The topological polar surface area (TPSA) is 88.2 Å². The van der Waals surface area contributed by atoms with E-state index in [0.29, 0.717) is 12.3 Å². The highest BCUT2D eigenvalue weighted by atomic mass is 15.0. The van der Waals surface area contributed by atoms with Crippen LogP contribution in [0, 0.1) is 12.3 Å². The van der Waals surface area contributed by atoms with Crippen LogP contribution in [-0.2, 0) is 6.42 Å². The molecular weight excluding hydrogens is 176 g/mol. The second-order valence-corrected chi connectivity index (χ2v) is 3.09. The Labute approximate surface area is 83.2 Å². The molecule has 0 unspecified atom stereocenters. The highest BCUT2D eigenvalue weighted by molar-refractivity contribution is 5.94. The van der Waals surface area contributed by atoms with Gasteiger partial charge in [-0.15, -0.1) is 0 Å². The van der Waals surface area contributed by atoms with Crippen LogP contribution in [0.1, 0.15) is 11.1 Å². The van der Waals surface area contributed by atoms with Crippen molar-refractivity contribution in [3.05, 3.63) is 35.4 Å². The summed E-state index contributed by atoms with van der Waals surface area (Å²) in [5, 5.41) is 6.95. The zero-order valence-corrected chi connectivity index (χ0v) is 8.12. The molecule has 1 aromatic rings. The van der Waals surface area contributed by atoms with Crippen LogP contribution >= 0.6 is 0 Å². The molecule has 0 bridgehead atoms. The lowest BCUT2D eigenvalue weighted by atomic mass is 10.1. The van der Waals surface area contributed by atoms with Gasteiger partial charge in [0.25, 0.3) is 0 Å². The van der Waals surface area contributed by atoms with Gasteiger partial charge in [-0.25, -0.2) is 4.99 Å². The van der Waals surface area contributed by atoms with E-state index in [1.54, 1.807) is 0 Å². The third-order valence-electron chi connectivity index (χ3n) is 1.90. The third kappa shape index (κ3) is 2.90. The Kier molecular flexibility index (Phi) is 3.23.